The Kier molecular flexibility index (Phi) is 3.83. The third-order valence-electron chi connectivity index (χ3n) is 3.69. The van der Waals surface area contributed by atoms with Crippen LogP contribution in [0.5, 0.6) is 0 Å². The zero-order valence-corrected chi connectivity index (χ0v) is 12.2. The van der Waals surface area contributed by atoms with Gasteiger partial charge in [0, 0.05) is 31.0 Å². The van der Waals surface area contributed by atoms with E-state index in [-0.39, 0.29) is 17.0 Å². The Labute approximate surface area is 118 Å². The van der Waals surface area contributed by atoms with Gasteiger partial charge >= 0.3 is 5.97 Å². The van der Waals surface area contributed by atoms with Crippen molar-refractivity contribution < 1.29 is 9.90 Å². The van der Waals surface area contributed by atoms with Gasteiger partial charge in [0.15, 0.2) is 5.82 Å². The first kappa shape index (κ1) is 14.6. The van der Waals surface area contributed by atoms with E-state index in [1.807, 2.05) is 25.7 Å². The molecule has 0 unspecified atom stereocenters. The molecule has 1 aromatic rings. The molecule has 6 heteroatoms. The number of rotatable bonds is 2. The standard InChI is InChI=1S/C14H21N3O3/c1-14(2,3)17-9-6-15-11(12(17)18)16-7-4-10(5-8-16)13(19)20/h6,9-10H,4-5,7-8H2,1-3H3,(H,19,20). The van der Waals surface area contributed by atoms with E-state index in [2.05, 4.69) is 4.98 Å². The fraction of sp³-hybridized carbons (Fsp3) is 0.643. The second kappa shape index (κ2) is 5.26. The summed E-state index contributed by atoms with van der Waals surface area (Å²) in [4.78, 5) is 29.5. The lowest BCUT2D eigenvalue weighted by Gasteiger charge is -2.31. The van der Waals surface area contributed by atoms with Gasteiger partial charge in [-0.05, 0) is 33.6 Å². The van der Waals surface area contributed by atoms with Crippen LogP contribution in [0.2, 0.25) is 0 Å². The molecule has 1 saturated heterocycles. The number of carboxylic acids is 1. The number of hydrogen-bond acceptors (Lipinski definition) is 4. The Morgan fingerprint density at radius 1 is 1.35 bits per heavy atom. The van der Waals surface area contributed by atoms with Gasteiger partial charge in [0.1, 0.15) is 0 Å². The van der Waals surface area contributed by atoms with Gasteiger partial charge in [0.2, 0.25) is 0 Å². The van der Waals surface area contributed by atoms with Crippen molar-refractivity contribution in [2.75, 3.05) is 18.0 Å². The van der Waals surface area contributed by atoms with E-state index in [0.29, 0.717) is 31.7 Å². The predicted molar refractivity (Wildman–Crippen MR) is 76.1 cm³/mol. The molecule has 1 aromatic heterocycles. The maximum atomic E-state index is 12.5. The topological polar surface area (TPSA) is 75.4 Å². The summed E-state index contributed by atoms with van der Waals surface area (Å²) in [5.74, 6) is -0.635. The second-order valence-electron chi connectivity index (χ2n) is 6.20. The number of aromatic nitrogens is 2. The number of aliphatic carboxylic acids is 1. The Bertz CT molecular complexity index is 552. The zero-order valence-electron chi connectivity index (χ0n) is 12.2. The van der Waals surface area contributed by atoms with Crippen LogP contribution in [0.25, 0.3) is 0 Å². The van der Waals surface area contributed by atoms with Crippen LogP contribution in [-0.2, 0) is 10.3 Å². The van der Waals surface area contributed by atoms with E-state index in [9.17, 15) is 9.59 Å². The maximum Gasteiger partial charge on any atom is 0.306 e. The maximum absolute atomic E-state index is 12.5. The highest BCUT2D eigenvalue weighted by Gasteiger charge is 2.27. The summed E-state index contributed by atoms with van der Waals surface area (Å²) in [7, 11) is 0. The Morgan fingerprint density at radius 3 is 2.45 bits per heavy atom. The molecule has 0 aliphatic carbocycles. The molecule has 2 heterocycles. The van der Waals surface area contributed by atoms with E-state index in [1.165, 1.54) is 0 Å². The van der Waals surface area contributed by atoms with Crippen LogP contribution < -0.4 is 10.5 Å². The van der Waals surface area contributed by atoms with Gasteiger partial charge in [0.05, 0.1) is 5.92 Å². The summed E-state index contributed by atoms with van der Waals surface area (Å²) in [5, 5.41) is 9.00. The molecule has 1 aliphatic heterocycles. The first-order valence-electron chi connectivity index (χ1n) is 6.86. The fourth-order valence-electron chi connectivity index (χ4n) is 2.48. The summed E-state index contributed by atoms with van der Waals surface area (Å²) in [6.07, 6.45) is 4.43. The van der Waals surface area contributed by atoms with E-state index in [0.717, 1.165) is 0 Å². The Hall–Kier alpha value is -1.85. The zero-order chi connectivity index (χ0) is 14.9. The van der Waals surface area contributed by atoms with Crippen molar-refractivity contribution in [3.63, 3.8) is 0 Å². The van der Waals surface area contributed by atoms with Crippen molar-refractivity contribution >= 4 is 11.8 Å². The third-order valence-corrected chi connectivity index (χ3v) is 3.69. The number of anilines is 1. The van der Waals surface area contributed by atoms with E-state index < -0.39 is 5.97 Å². The minimum Gasteiger partial charge on any atom is -0.481 e. The van der Waals surface area contributed by atoms with E-state index in [4.69, 9.17) is 5.11 Å². The van der Waals surface area contributed by atoms with Gasteiger partial charge in [-0.15, -0.1) is 0 Å². The Balaban J connectivity index is 2.23. The summed E-state index contributed by atoms with van der Waals surface area (Å²) in [5.41, 5.74) is -0.414. The normalized spacial score (nSPS) is 17.2. The van der Waals surface area contributed by atoms with Crippen LogP contribution in [0.4, 0.5) is 5.82 Å². The molecule has 0 radical (unpaired) electrons. The average molecular weight is 279 g/mol. The number of carboxylic acid groups (broad SMARTS) is 1. The van der Waals surface area contributed by atoms with Crippen LogP contribution in [0, 0.1) is 5.92 Å². The molecular weight excluding hydrogens is 258 g/mol. The van der Waals surface area contributed by atoms with Crippen molar-refractivity contribution in [1.29, 1.82) is 0 Å². The van der Waals surface area contributed by atoms with Crippen molar-refractivity contribution in [2.24, 2.45) is 5.92 Å². The third kappa shape index (κ3) is 2.84. The molecule has 2 rings (SSSR count). The quantitative estimate of drug-likeness (QED) is 0.883. The molecule has 1 N–H and O–H groups in total. The molecule has 6 nitrogen and oxygen atoms in total. The molecule has 0 saturated carbocycles. The molecule has 0 amide bonds. The van der Waals surface area contributed by atoms with Gasteiger partial charge in [-0.1, -0.05) is 0 Å². The van der Waals surface area contributed by atoms with Gasteiger partial charge in [-0.3, -0.25) is 9.59 Å². The van der Waals surface area contributed by atoms with Crippen LogP contribution in [0.3, 0.4) is 0 Å². The number of piperidine rings is 1. The summed E-state index contributed by atoms with van der Waals surface area (Å²) in [6.45, 7) is 7.03. The number of nitrogens with zero attached hydrogens (tertiary/aromatic N) is 3. The minimum atomic E-state index is -0.752. The highest BCUT2D eigenvalue weighted by Crippen LogP contribution is 2.20. The molecular formula is C14H21N3O3. The lowest BCUT2D eigenvalue weighted by molar-refractivity contribution is -0.142. The lowest BCUT2D eigenvalue weighted by Crippen LogP contribution is -2.42. The minimum absolute atomic E-state index is 0.117. The van der Waals surface area contributed by atoms with Crippen molar-refractivity contribution in [1.82, 2.24) is 9.55 Å². The van der Waals surface area contributed by atoms with Gasteiger partial charge in [0.25, 0.3) is 5.56 Å². The lowest BCUT2D eigenvalue weighted by atomic mass is 9.97. The van der Waals surface area contributed by atoms with Crippen LogP contribution in [0.1, 0.15) is 33.6 Å². The predicted octanol–water partition coefficient (Wildman–Crippen LogP) is 1.30. The SMILES string of the molecule is CC(C)(C)n1ccnc(N2CCC(C(=O)O)CC2)c1=O. The molecule has 0 bridgehead atoms. The molecule has 20 heavy (non-hydrogen) atoms. The average Bonchev–Trinajstić information content (AvgIpc) is 2.37. The Morgan fingerprint density at radius 2 is 1.95 bits per heavy atom. The monoisotopic (exact) mass is 279 g/mol. The van der Waals surface area contributed by atoms with E-state index >= 15 is 0 Å². The van der Waals surface area contributed by atoms with Crippen LogP contribution in [-0.4, -0.2) is 33.7 Å². The molecule has 0 atom stereocenters. The smallest absolute Gasteiger partial charge is 0.306 e. The fourth-order valence-corrected chi connectivity index (χ4v) is 2.48. The van der Waals surface area contributed by atoms with Crippen molar-refractivity contribution in [3.05, 3.63) is 22.7 Å². The van der Waals surface area contributed by atoms with E-state index in [1.54, 1.807) is 17.0 Å². The van der Waals surface area contributed by atoms with Gasteiger partial charge in [-0.25, -0.2) is 4.98 Å². The number of hydrogen-bond donors (Lipinski definition) is 1. The molecule has 110 valence electrons. The summed E-state index contributed by atoms with van der Waals surface area (Å²) < 4.78 is 1.67. The van der Waals surface area contributed by atoms with Gasteiger partial charge < -0.3 is 14.6 Å². The van der Waals surface area contributed by atoms with Crippen LogP contribution in [0.15, 0.2) is 17.2 Å². The largest absolute Gasteiger partial charge is 0.481 e. The summed E-state index contributed by atoms with van der Waals surface area (Å²) in [6, 6.07) is 0. The van der Waals surface area contributed by atoms with Crippen molar-refractivity contribution in [2.45, 2.75) is 39.2 Å². The molecule has 1 aliphatic rings. The van der Waals surface area contributed by atoms with Gasteiger partial charge in [-0.2, -0.15) is 0 Å². The highest BCUT2D eigenvalue weighted by molar-refractivity contribution is 5.70. The second-order valence-corrected chi connectivity index (χ2v) is 6.20. The summed E-state index contributed by atoms with van der Waals surface area (Å²) >= 11 is 0. The highest BCUT2D eigenvalue weighted by atomic mass is 16.4. The first-order valence-corrected chi connectivity index (χ1v) is 6.86. The first-order chi connectivity index (χ1) is 9.30. The van der Waals surface area contributed by atoms with Crippen molar-refractivity contribution in [3.8, 4) is 0 Å². The number of carbonyl (C=O) groups is 1. The molecule has 0 aromatic carbocycles. The molecule has 0 spiro atoms. The van der Waals surface area contributed by atoms with Crippen LogP contribution >= 0.6 is 0 Å². The molecule has 1 fully saturated rings.